The Morgan fingerprint density at radius 1 is 1.42 bits per heavy atom. The van der Waals surface area contributed by atoms with E-state index in [-0.39, 0.29) is 40.8 Å². The lowest BCUT2D eigenvalue weighted by Gasteiger charge is -2.56. The second-order valence-electron chi connectivity index (χ2n) is 8.95. The van der Waals surface area contributed by atoms with Crippen molar-refractivity contribution < 1.29 is 24.6 Å². The number of thioether (sulfide) groups is 1. The Hall–Kier alpha value is -2.11. The molecule has 5 unspecified atom stereocenters. The van der Waals surface area contributed by atoms with E-state index in [1.54, 1.807) is 24.8 Å². The number of carboxylic acids is 1. The maximum atomic E-state index is 13.1. The van der Waals surface area contributed by atoms with Gasteiger partial charge in [0.15, 0.2) is 0 Å². The first-order chi connectivity index (χ1) is 14.6. The summed E-state index contributed by atoms with van der Waals surface area (Å²) in [6.45, 7) is 6.79. The Bertz CT molecular complexity index is 857. The van der Waals surface area contributed by atoms with Crippen LogP contribution in [0.2, 0.25) is 0 Å². The van der Waals surface area contributed by atoms with Crippen molar-refractivity contribution in [3.63, 3.8) is 0 Å². The minimum Gasteiger partial charge on any atom is -0.477 e. The zero-order chi connectivity index (χ0) is 22.7. The fourth-order valence-electron chi connectivity index (χ4n) is 5.22. The van der Waals surface area contributed by atoms with E-state index < -0.39 is 22.9 Å². The minimum absolute atomic E-state index is 0.0144. The molecule has 0 aromatic carbocycles. The molecule has 5 N–H and O–H groups in total. The molecule has 0 aliphatic carbocycles. The van der Waals surface area contributed by atoms with Gasteiger partial charge >= 0.3 is 5.97 Å². The zero-order valence-electron chi connectivity index (χ0n) is 17.8. The summed E-state index contributed by atoms with van der Waals surface area (Å²) in [6.07, 6.45) is 1.18. The van der Waals surface area contributed by atoms with Crippen LogP contribution in [0.15, 0.2) is 11.8 Å². The first-order valence-electron chi connectivity index (χ1n) is 10.5. The van der Waals surface area contributed by atoms with Gasteiger partial charge < -0.3 is 25.7 Å². The highest BCUT2D eigenvalue weighted by atomic mass is 32.2. The van der Waals surface area contributed by atoms with Gasteiger partial charge in [-0.05, 0) is 32.3 Å². The molecule has 0 aromatic rings. The number of hydrogen-bond acceptors (Lipinski definition) is 7. The van der Waals surface area contributed by atoms with Crippen LogP contribution in [0.4, 0.5) is 0 Å². The van der Waals surface area contributed by atoms with Crippen LogP contribution in [0.3, 0.4) is 0 Å². The number of fused-ring (bicyclic) bond motifs is 1. The van der Waals surface area contributed by atoms with E-state index >= 15 is 0 Å². The van der Waals surface area contributed by atoms with Gasteiger partial charge in [-0.2, -0.15) is 0 Å². The average molecular weight is 452 g/mol. The summed E-state index contributed by atoms with van der Waals surface area (Å²) in [5, 5.41) is 33.7. The number of amides is 2. The van der Waals surface area contributed by atoms with Crippen LogP contribution in [-0.2, 0) is 14.4 Å². The summed E-state index contributed by atoms with van der Waals surface area (Å²) in [5.41, 5.74) is -0.0157. The molecule has 2 amide bonds. The van der Waals surface area contributed by atoms with Crippen molar-refractivity contribution in [2.45, 2.75) is 61.4 Å². The molecule has 0 aromatic heterocycles. The van der Waals surface area contributed by atoms with E-state index in [9.17, 15) is 24.6 Å². The molecule has 0 spiro atoms. The van der Waals surface area contributed by atoms with Gasteiger partial charge in [-0.1, -0.05) is 6.92 Å². The van der Waals surface area contributed by atoms with Crippen molar-refractivity contribution in [1.82, 2.24) is 20.4 Å². The molecule has 6 atom stereocenters. The van der Waals surface area contributed by atoms with Gasteiger partial charge in [0.1, 0.15) is 10.4 Å². The number of amidine groups is 1. The molecule has 170 valence electrons. The zero-order valence-corrected chi connectivity index (χ0v) is 18.6. The third-order valence-corrected chi connectivity index (χ3v) is 8.49. The number of carbonyl (C=O) groups is 3. The maximum absolute atomic E-state index is 13.1. The molecule has 4 heterocycles. The largest absolute Gasteiger partial charge is 0.477 e. The highest BCUT2D eigenvalue weighted by Gasteiger charge is 2.69. The standard InChI is InChI=1S/C20H29N5O5S/c1-9-4-15(18(28)29)25-16(9)20(10(2)26,19(25)30)31-13-5-14(22-6-13)17(27)24-7-12(8-24)23-11(3)21/h4,9-10,12-14,16,22,26H,5-8H2,1-3H3,(H2,21,23)(H,28,29)/t9?,10?,13?,14?,16-,20?/m0/s1. The van der Waals surface area contributed by atoms with Crippen LogP contribution in [-0.4, -0.2) is 97.5 Å². The summed E-state index contributed by atoms with van der Waals surface area (Å²) < 4.78 is -1.11. The summed E-state index contributed by atoms with van der Waals surface area (Å²) in [5.74, 6) is -1.29. The van der Waals surface area contributed by atoms with Crippen molar-refractivity contribution in [2.75, 3.05) is 19.6 Å². The highest BCUT2D eigenvalue weighted by molar-refractivity contribution is 8.02. The van der Waals surface area contributed by atoms with Crippen LogP contribution in [0.5, 0.6) is 0 Å². The summed E-state index contributed by atoms with van der Waals surface area (Å²) >= 11 is 1.38. The third kappa shape index (κ3) is 3.42. The molecular formula is C20H29N5O5S. The predicted molar refractivity (Wildman–Crippen MR) is 115 cm³/mol. The fraction of sp³-hybridized carbons (Fsp3) is 0.700. The Labute approximate surface area is 184 Å². The number of likely N-dealkylation sites (tertiary alicyclic amines) is 1. The molecule has 3 saturated heterocycles. The average Bonchev–Trinajstić information content (AvgIpc) is 3.24. The van der Waals surface area contributed by atoms with Gasteiger partial charge in [0.25, 0.3) is 0 Å². The van der Waals surface area contributed by atoms with E-state index in [0.717, 1.165) is 0 Å². The van der Waals surface area contributed by atoms with Crippen molar-refractivity contribution >= 4 is 35.4 Å². The lowest BCUT2D eigenvalue weighted by molar-refractivity contribution is -0.158. The number of nitrogens with zero attached hydrogens (tertiary/aromatic N) is 2. The third-order valence-electron chi connectivity index (χ3n) is 6.65. The molecule has 31 heavy (non-hydrogen) atoms. The molecule has 4 aliphatic rings. The second-order valence-corrected chi connectivity index (χ2v) is 10.5. The maximum Gasteiger partial charge on any atom is 0.352 e. The number of hydrogen-bond donors (Lipinski definition) is 5. The number of carbonyl (C=O) groups excluding carboxylic acids is 2. The van der Waals surface area contributed by atoms with Gasteiger partial charge in [0.2, 0.25) is 11.8 Å². The van der Waals surface area contributed by atoms with E-state index in [0.29, 0.717) is 31.9 Å². The Kier molecular flexibility index (Phi) is 5.55. The van der Waals surface area contributed by atoms with E-state index in [1.807, 2.05) is 6.92 Å². The monoisotopic (exact) mass is 451 g/mol. The first kappa shape index (κ1) is 22.1. The second kappa shape index (κ2) is 7.79. The van der Waals surface area contributed by atoms with Gasteiger partial charge in [-0.3, -0.25) is 19.9 Å². The normalized spacial score (nSPS) is 35.7. The summed E-state index contributed by atoms with van der Waals surface area (Å²) in [6, 6.07) is -0.632. The molecule has 0 saturated carbocycles. The predicted octanol–water partition coefficient (Wildman–Crippen LogP) is -0.804. The van der Waals surface area contributed by atoms with Crippen LogP contribution in [0.1, 0.15) is 27.2 Å². The van der Waals surface area contributed by atoms with Crippen LogP contribution >= 0.6 is 11.8 Å². The van der Waals surface area contributed by atoms with Crippen LogP contribution in [0.25, 0.3) is 0 Å². The van der Waals surface area contributed by atoms with Crippen LogP contribution < -0.4 is 10.6 Å². The topological polar surface area (TPSA) is 146 Å². The molecule has 10 nitrogen and oxygen atoms in total. The Balaban J connectivity index is 1.39. The van der Waals surface area contributed by atoms with E-state index in [2.05, 4.69) is 10.6 Å². The summed E-state index contributed by atoms with van der Waals surface area (Å²) in [7, 11) is 0. The fourth-order valence-corrected chi connectivity index (χ4v) is 7.10. The van der Waals surface area contributed by atoms with Crippen molar-refractivity contribution in [3.8, 4) is 0 Å². The molecule has 0 radical (unpaired) electrons. The molecule has 4 aliphatic heterocycles. The van der Waals surface area contributed by atoms with E-state index in [1.165, 1.54) is 16.7 Å². The number of aliphatic hydroxyl groups is 1. The van der Waals surface area contributed by atoms with Crippen molar-refractivity contribution in [3.05, 3.63) is 11.8 Å². The SMILES string of the molecule is CC(=N)NC1CN(C(=O)C2CC(SC3(C(C)O)C(=O)N4C(C(=O)O)=CC(C)[C@H]43)CN2)C1. The van der Waals surface area contributed by atoms with Crippen molar-refractivity contribution in [1.29, 1.82) is 5.41 Å². The number of aliphatic carboxylic acids is 1. The molecule has 3 fully saturated rings. The Morgan fingerprint density at radius 3 is 2.68 bits per heavy atom. The van der Waals surface area contributed by atoms with Gasteiger partial charge in [0.05, 0.1) is 30.1 Å². The van der Waals surface area contributed by atoms with Gasteiger partial charge in [-0.25, -0.2) is 4.79 Å². The molecule has 0 bridgehead atoms. The smallest absolute Gasteiger partial charge is 0.352 e. The lowest BCUT2D eigenvalue weighted by atomic mass is 9.78. The highest BCUT2D eigenvalue weighted by Crippen LogP contribution is 2.55. The summed E-state index contributed by atoms with van der Waals surface area (Å²) in [4.78, 5) is 40.4. The number of β-lactam (4-membered cyclic amide) rings is 1. The number of rotatable bonds is 6. The van der Waals surface area contributed by atoms with E-state index in [4.69, 9.17) is 5.41 Å². The van der Waals surface area contributed by atoms with Gasteiger partial charge in [-0.15, -0.1) is 11.8 Å². The number of aliphatic hydroxyl groups excluding tert-OH is 1. The number of carboxylic acid groups (broad SMARTS) is 1. The molecular weight excluding hydrogens is 422 g/mol. The minimum atomic E-state index is -1.14. The Morgan fingerprint density at radius 2 is 2.10 bits per heavy atom. The first-order valence-corrected chi connectivity index (χ1v) is 11.4. The quantitative estimate of drug-likeness (QED) is 0.200. The van der Waals surface area contributed by atoms with Crippen LogP contribution in [0, 0.1) is 11.3 Å². The molecule has 11 heteroatoms. The number of nitrogens with one attached hydrogen (secondary N) is 3. The lowest BCUT2D eigenvalue weighted by Crippen LogP contribution is -2.76. The van der Waals surface area contributed by atoms with Crippen molar-refractivity contribution in [2.24, 2.45) is 5.92 Å². The molecule has 4 rings (SSSR count). The van der Waals surface area contributed by atoms with Gasteiger partial charge in [0, 0.05) is 24.9 Å².